The number of hydrogen-bond donors (Lipinski definition) is 3. The van der Waals surface area contributed by atoms with Crippen LogP contribution >= 0.6 is 24.0 Å². The van der Waals surface area contributed by atoms with Crippen LogP contribution in [0.15, 0.2) is 35.3 Å². The first-order valence-electron chi connectivity index (χ1n) is 6.05. The highest BCUT2D eigenvalue weighted by Gasteiger charge is 2.03. The van der Waals surface area contributed by atoms with Crippen LogP contribution in [0, 0.1) is 0 Å². The van der Waals surface area contributed by atoms with Crippen LogP contribution in [0.1, 0.15) is 13.3 Å². The molecule has 1 amide bonds. The molecule has 0 saturated heterocycles. The van der Waals surface area contributed by atoms with Crippen LogP contribution < -0.4 is 16.0 Å². The second-order valence-electron chi connectivity index (χ2n) is 3.77. The minimum absolute atomic E-state index is 0. The maximum atomic E-state index is 11.7. The van der Waals surface area contributed by atoms with Crippen LogP contribution in [0.5, 0.6) is 0 Å². The highest BCUT2D eigenvalue weighted by Crippen LogP contribution is 2.03. The van der Waals surface area contributed by atoms with E-state index in [-0.39, 0.29) is 36.4 Å². The van der Waals surface area contributed by atoms with Gasteiger partial charge in [0.1, 0.15) is 0 Å². The Morgan fingerprint density at radius 3 is 2.47 bits per heavy atom. The average Bonchev–Trinajstić information content (AvgIpc) is 2.40. The van der Waals surface area contributed by atoms with E-state index in [0.717, 1.165) is 18.7 Å². The molecule has 0 aliphatic rings. The van der Waals surface area contributed by atoms with E-state index in [2.05, 4.69) is 27.9 Å². The molecule has 0 aromatic heterocycles. The van der Waals surface area contributed by atoms with Gasteiger partial charge in [-0.25, -0.2) is 0 Å². The summed E-state index contributed by atoms with van der Waals surface area (Å²) in [7, 11) is 1.68. The summed E-state index contributed by atoms with van der Waals surface area (Å²) in [6.45, 7) is 3.10. The molecule has 0 aliphatic heterocycles. The first-order valence-corrected chi connectivity index (χ1v) is 6.05. The number of amides is 1. The fraction of sp³-hybridized carbons (Fsp3) is 0.385. The summed E-state index contributed by atoms with van der Waals surface area (Å²) in [4.78, 5) is 15.7. The number of rotatable bonds is 5. The Hall–Kier alpha value is -1.31. The summed E-state index contributed by atoms with van der Waals surface area (Å²) >= 11 is 0. The molecule has 0 unspecified atom stereocenters. The third-order valence-corrected chi connectivity index (χ3v) is 2.24. The van der Waals surface area contributed by atoms with Gasteiger partial charge in [0.15, 0.2) is 5.96 Å². The van der Waals surface area contributed by atoms with E-state index < -0.39 is 0 Å². The minimum Gasteiger partial charge on any atom is -0.356 e. The predicted octanol–water partition coefficient (Wildman–Crippen LogP) is 1.82. The molecule has 0 heterocycles. The molecule has 0 radical (unpaired) electrons. The lowest BCUT2D eigenvalue weighted by atomic mass is 10.3. The predicted molar refractivity (Wildman–Crippen MR) is 90.1 cm³/mol. The minimum atomic E-state index is -0.0966. The molecule has 3 N–H and O–H groups in total. The molecule has 19 heavy (non-hydrogen) atoms. The molecular weight excluding hydrogens is 355 g/mol. The van der Waals surface area contributed by atoms with Crippen molar-refractivity contribution in [3.05, 3.63) is 30.3 Å². The van der Waals surface area contributed by atoms with Gasteiger partial charge in [-0.3, -0.25) is 9.79 Å². The number of halogens is 1. The van der Waals surface area contributed by atoms with Crippen molar-refractivity contribution in [2.45, 2.75) is 13.3 Å². The summed E-state index contributed by atoms with van der Waals surface area (Å²) in [6, 6.07) is 9.37. The second kappa shape index (κ2) is 10.6. The van der Waals surface area contributed by atoms with Gasteiger partial charge in [0.2, 0.25) is 5.91 Å². The lowest BCUT2D eigenvalue weighted by molar-refractivity contribution is -0.115. The highest BCUT2D eigenvalue weighted by atomic mass is 127. The number of carbonyl (C=O) groups excluding carboxylic acids is 1. The summed E-state index contributed by atoms with van der Waals surface area (Å²) in [5, 5.41) is 8.84. The summed E-state index contributed by atoms with van der Waals surface area (Å²) < 4.78 is 0. The standard InChI is InChI=1S/C13H20N4O.HI/c1-3-9-15-13(14-2)16-10-12(18)17-11-7-5-4-6-8-11;/h4-8H,3,9-10H2,1-2H3,(H,17,18)(H2,14,15,16);1H. The molecule has 0 saturated carbocycles. The molecule has 5 nitrogen and oxygen atoms in total. The normalized spacial score (nSPS) is 10.3. The van der Waals surface area contributed by atoms with Gasteiger partial charge in [0.05, 0.1) is 6.54 Å². The zero-order chi connectivity index (χ0) is 13.2. The number of anilines is 1. The Labute approximate surface area is 131 Å². The van der Waals surface area contributed by atoms with Gasteiger partial charge >= 0.3 is 0 Å². The number of nitrogens with one attached hydrogen (secondary N) is 3. The highest BCUT2D eigenvalue weighted by molar-refractivity contribution is 14.0. The van der Waals surface area contributed by atoms with Crippen LogP contribution in [0.25, 0.3) is 0 Å². The number of hydrogen-bond acceptors (Lipinski definition) is 2. The quantitative estimate of drug-likeness (QED) is 0.417. The van der Waals surface area contributed by atoms with Crippen molar-refractivity contribution >= 4 is 41.5 Å². The zero-order valence-corrected chi connectivity index (χ0v) is 13.6. The van der Waals surface area contributed by atoms with E-state index >= 15 is 0 Å². The number of para-hydroxylation sites is 1. The molecule has 0 atom stereocenters. The SMILES string of the molecule is CCCNC(=NC)NCC(=O)Nc1ccccc1.I. The van der Waals surface area contributed by atoms with Crippen molar-refractivity contribution < 1.29 is 4.79 Å². The maximum absolute atomic E-state index is 11.7. The molecule has 0 spiro atoms. The smallest absolute Gasteiger partial charge is 0.243 e. The van der Waals surface area contributed by atoms with E-state index in [1.165, 1.54) is 0 Å². The molecule has 1 aromatic rings. The Morgan fingerprint density at radius 1 is 1.21 bits per heavy atom. The Bertz CT molecular complexity index is 395. The second-order valence-corrected chi connectivity index (χ2v) is 3.77. The van der Waals surface area contributed by atoms with Crippen molar-refractivity contribution in [1.29, 1.82) is 0 Å². The summed E-state index contributed by atoms with van der Waals surface area (Å²) in [5.74, 6) is 0.542. The third kappa shape index (κ3) is 7.66. The van der Waals surface area contributed by atoms with Gasteiger partial charge in [-0.15, -0.1) is 24.0 Å². The van der Waals surface area contributed by atoms with Crippen LogP contribution in [0.3, 0.4) is 0 Å². The van der Waals surface area contributed by atoms with Crippen molar-refractivity contribution in [2.75, 3.05) is 25.5 Å². The molecule has 6 heteroatoms. The lowest BCUT2D eigenvalue weighted by Crippen LogP contribution is -2.41. The number of guanidine groups is 1. The lowest BCUT2D eigenvalue weighted by Gasteiger charge is -2.11. The number of nitrogens with zero attached hydrogens (tertiary/aromatic N) is 1. The number of aliphatic imine (C=N–C) groups is 1. The fourth-order valence-electron chi connectivity index (χ4n) is 1.35. The molecule has 1 aromatic carbocycles. The number of carbonyl (C=O) groups is 1. The van der Waals surface area contributed by atoms with Crippen LogP contribution in [0.2, 0.25) is 0 Å². The largest absolute Gasteiger partial charge is 0.356 e. The first kappa shape index (κ1) is 17.7. The summed E-state index contributed by atoms with van der Waals surface area (Å²) in [6.07, 6.45) is 1.01. The van der Waals surface area contributed by atoms with Gasteiger partial charge in [-0.2, -0.15) is 0 Å². The van der Waals surface area contributed by atoms with Crippen molar-refractivity contribution in [3.8, 4) is 0 Å². The van der Waals surface area contributed by atoms with Crippen molar-refractivity contribution in [2.24, 2.45) is 4.99 Å². The van der Waals surface area contributed by atoms with E-state index in [1.54, 1.807) is 7.05 Å². The number of benzene rings is 1. The Kier molecular flexibility index (Phi) is 9.87. The van der Waals surface area contributed by atoms with E-state index in [1.807, 2.05) is 30.3 Å². The van der Waals surface area contributed by atoms with Gasteiger partial charge in [-0.1, -0.05) is 25.1 Å². The average molecular weight is 376 g/mol. The summed E-state index contributed by atoms with van der Waals surface area (Å²) in [5.41, 5.74) is 0.792. The molecule has 1 rings (SSSR count). The topological polar surface area (TPSA) is 65.5 Å². The van der Waals surface area contributed by atoms with Gasteiger partial charge in [0, 0.05) is 19.3 Å². The fourth-order valence-corrected chi connectivity index (χ4v) is 1.35. The monoisotopic (exact) mass is 376 g/mol. The maximum Gasteiger partial charge on any atom is 0.243 e. The van der Waals surface area contributed by atoms with Crippen molar-refractivity contribution in [1.82, 2.24) is 10.6 Å². The van der Waals surface area contributed by atoms with Gasteiger partial charge in [0.25, 0.3) is 0 Å². The molecule has 106 valence electrons. The zero-order valence-electron chi connectivity index (χ0n) is 11.3. The van der Waals surface area contributed by atoms with Crippen LogP contribution in [-0.4, -0.2) is 32.0 Å². The third-order valence-electron chi connectivity index (χ3n) is 2.24. The molecule has 0 aliphatic carbocycles. The van der Waals surface area contributed by atoms with Crippen LogP contribution in [0.4, 0.5) is 5.69 Å². The Morgan fingerprint density at radius 2 is 1.89 bits per heavy atom. The Balaban J connectivity index is 0.00000324. The molecule has 0 bridgehead atoms. The van der Waals surface area contributed by atoms with E-state index in [0.29, 0.717) is 5.96 Å². The van der Waals surface area contributed by atoms with E-state index in [9.17, 15) is 4.79 Å². The first-order chi connectivity index (χ1) is 8.76. The molecular formula is C13H21IN4O. The molecule has 0 fully saturated rings. The van der Waals surface area contributed by atoms with E-state index in [4.69, 9.17) is 0 Å². The van der Waals surface area contributed by atoms with Gasteiger partial charge in [-0.05, 0) is 18.6 Å². The van der Waals surface area contributed by atoms with Gasteiger partial charge < -0.3 is 16.0 Å². The van der Waals surface area contributed by atoms with Crippen LogP contribution in [-0.2, 0) is 4.79 Å². The van der Waals surface area contributed by atoms with Crippen molar-refractivity contribution in [3.63, 3.8) is 0 Å².